The highest BCUT2D eigenvalue weighted by Crippen LogP contribution is 2.45. The van der Waals surface area contributed by atoms with Gasteiger partial charge >= 0.3 is 0 Å². The van der Waals surface area contributed by atoms with Gasteiger partial charge in [0.2, 0.25) is 0 Å². The van der Waals surface area contributed by atoms with Crippen molar-refractivity contribution in [3.63, 3.8) is 0 Å². The number of nitrogens with one attached hydrogen (secondary N) is 1. The Morgan fingerprint density at radius 1 is 1.20 bits per heavy atom. The standard InChI is InChI=1S/C17H25BrFN/c1-16(2)8-13(9-17(3,4)11-16)20-10-12-6-5-7-14(19)15(12)18/h5-7,13,20H,8-11H2,1-4H3. The van der Waals surface area contributed by atoms with E-state index in [2.05, 4.69) is 48.9 Å². The molecule has 1 aromatic carbocycles. The molecule has 2 rings (SSSR count). The molecule has 0 unspecified atom stereocenters. The highest BCUT2D eigenvalue weighted by molar-refractivity contribution is 9.10. The van der Waals surface area contributed by atoms with Gasteiger partial charge in [0.05, 0.1) is 4.47 Å². The van der Waals surface area contributed by atoms with Crippen LogP contribution in [0.25, 0.3) is 0 Å². The van der Waals surface area contributed by atoms with Crippen LogP contribution in [-0.2, 0) is 6.54 Å². The zero-order valence-corrected chi connectivity index (χ0v) is 14.5. The first-order valence-corrected chi connectivity index (χ1v) is 8.14. The van der Waals surface area contributed by atoms with Gasteiger partial charge in [-0.3, -0.25) is 0 Å². The van der Waals surface area contributed by atoms with Crippen LogP contribution in [0.15, 0.2) is 22.7 Å². The number of benzene rings is 1. The molecule has 1 saturated carbocycles. The molecule has 0 amide bonds. The van der Waals surface area contributed by atoms with Crippen LogP contribution in [0.2, 0.25) is 0 Å². The summed E-state index contributed by atoms with van der Waals surface area (Å²) in [5, 5.41) is 3.62. The fourth-order valence-corrected chi connectivity index (χ4v) is 4.33. The molecule has 0 radical (unpaired) electrons. The molecule has 1 aliphatic carbocycles. The summed E-state index contributed by atoms with van der Waals surface area (Å²) in [5.74, 6) is -0.186. The van der Waals surface area contributed by atoms with Crippen LogP contribution in [0, 0.1) is 16.6 Å². The SMILES string of the molecule is CC1(C)CC(NCc2cccc(F)c2Br)CC(C)(C)C1. The molecule has 0 heterocycles. The van der Waals surface area contributed by atoms with Crippen molar-refractivity contribution in [3.05, 3.63) is 34.1 Å². The molecule has 0 bridgehead atoms. The fourth-order valence-electron chi connectivity index (χ4n) is 3.93. The van der Waals surface area contributed by atoms with Gasteiger partial charge in [0.15, 0.2) is 0 Å². The molecule has 0 aromatic heterocycles. The Balaban J connectivity index is 2.02. The first-order valence-electron chi connectivity index (χ1n) is 7.35. The normalized spacial score (nSPS) is 21.9. The Morgan fingerprint density at radius 3 is 2.40 bits per heavy atom. The van der Waals surface area contributed by atoms with E-state index in [0.29, 0.717) is 21.3 Å². The second kappa shape index (κ2) is 5.76. The first-order chi connectivity index (χ1) is 9.19. The average molecular weight is 342 g/mol. The van der Waals surface area contributed by atoms with Crippen molar-refractivity contribution in [3.8, 4) is 0 Å². The Hall–Kier alpha value is -0.410. The summed E-state index contributed by atoms with van der Waals surface area (Å²) in [5.41, 5.74) is 1.74. The van der Waals surface area contributed by atoms with Crippen molar-refractivity contribution in [1.82, 2.24) is 5.32 Å². The van der Waals surface area contributed by atoms with Gasteiger partial charge in [-0.15, -0.1) is 0 Å². The van der Waals surface area contributed by atoms with Crippen molar-refractivity contribution in [2.75, 3.05) is 0 Å². The van der Waals surface area contributed by atoms with Crippen LogP contribution in [0.3, 0.4) is 0 Å². The Morgan fingerprint density at radius 2 is 1.80 bits per heavy atom. The summed E-state index contributed by atoms with van der Waals surface area (Å²) in [7, 11) is 0. The first kappa shape index (κ1) is 16.0. The third-order valence-electron chi connectivity index (χ3n) is 4.17. The fraction of sp³-hybridized carbons (Fsp3) is 0.647. The molecule has 1 fully saturated rings. The molecule has 1 aliphatic rings. The number of halogens is 2. The van der Waals surface area contributed by atoms with Crippen LogP contribution in [-0.4, -0.2) is 6.04 Å². The van der Waals surface area contributed by atoms with Gasteiger partial charge in [0, 0.05) is 12.6 Å². The highest BCUT2D eigenvalue weighted by Gasteiger charge is 2.38. The lowest BCUT2D eigenvalue weighted by atomic mass is 9.63. The molecule has 1 N–H and O–H groups in total. The lowest BCUT2D eigenvalue weighted by Gasteiger charge is -2.45. The van der Waals surface area contributed by atoms with Crippen LogP contribution in [0.1, 0.15) is 52.5 Å². The van der Waals surface area contributed by atoms with Crippen LogP contribution in [0.4, 0.5) is 4.39 Å². The van der Waals surface area contributed by atoms with Gasteiger partial charge in [-0.05, 0) is 57.7 Å². The molecule has 112 valence electrons. The molecule has 1 aromatic rings. The van der Waals surface area contributed by atoms with Crippen LogP contribution >= 0.6 is 15.9 Å². The van der Waals surface area contributed by atoms with Gasteiger partial charge in [-0.2, -0.15) is 0 Å². The van der Waals surface area contributed by atoms with Crippen molar-refractivity contribution >= 4 is 15.9 Å². The van der Waals surface area contributed by atoms with Crippen LogP contribution in [0.5, 0.6) is 0 Å². The smallest absolute Gasteiger partial charge is 0.137 e. The lowest BCUT2D eigenvalue weighted by Crippen LogP contribution is -2.43. The summed E-state index contributed by atoms with van der Waals surface area (Å²) in [6, 6.07) is 5.73. The molecule has 20 heavy (non-hydrogen) atoms. The molecular formula is C17H25BrFN. The van der Waals surface area contributed by atoms with E-state index in [-0.39, 0.29) is 5.82 Å². The minimum Gasteiger partial charge on any atom is -0.310 e. The predicted molar refractivity (Wildman–Crippen MR) is 86.1 cm³/mol. The van der Waals surface area contributed by atoms with E-state index >= 15 is 0 Å². The molecule has 0 spiro atoms. The van der Waals surface area contributed by atoms with Crippen LogP contribution < -0.4 is 5.32 Å². The number of hydrogen-bond donors (Lipinski definition) is 1. The number of rotatable bonds is 3. The van der Waals surface area contributed by atoms with Crippen molar-refractivity contribution in [2.45, 2.75) is 59.5 Å². The topological polar surface area (TPSA) is 12.0 Å². The molecule has 3 heteroatoms. The van der Waals surface area contributed by atoms with E-state index in [1.807, 2.05) is 6.07 Å². The van der Waals surface area contributed by atoms with Crippen molar-refractivity contribution in [2.24, 2.45) is 10.8 Å². The van der Waals surface area contributed by atoms with E-state index in [0.717, 1.165) is 12.1 Å². The number of hydrogen-bond acceptors (Lipinski definition) is 1. The minimum absolute atomic E-state index is 0.186. The largest absolute Gasteiger partial charge is 0.310 e. The van der Waals surface area contributed by atoms with Crippen molar-refractivity contribution in [1.29, 1.82) is 0 Å². The Labute approximate surface area is 130 Å². The summed E-state index contributed by atoms with van der Waals surface area (Å²) in [6.45, 7) is 10.1. The maximum Gasteiger partial charge on any atom is 0.137 e. The maximum absolute atomic E-state index is 13.5. The second-order valence-electron chi connectivity index (χ2n) is 7.70. The molecular weight excluding hydrogens is 317 g/mol. The van der Waals surface area contributed by atoms with E-state index in [1.54, 1.807) is 6.07 Å². The zero-order valence-electron chi connectivity index (χ0n) is 12.9. The van der Waals surface area contributed by atoms with E-state index in [4.69, 9.17) is 0 Å². The molecule has 0 aliphatic heterocycles. The van der Waals surface area contributed by atoms with Crippen molar-refractivity contribution < 1.29 is 4.39 Å². The molecule has 0 atom stereocenters. The van der Waals surface area contributed by atoms with Gasteiger partial charge in [0.1, 0.15) is 5.82 Å². The lowest BCUT2D eigenvalue weighted by molar-refractivity contribution is 0.0844. The molecule has 1 nitrogen and oxygen atoms in total. The van der Waals surface area contributed by atoms with Gasteiger partial charge < -0.3 is 5.32 Å². The minimum atomic E-state index is -0.186. The Kier molecular flexibility index (Phi) is 4.60. The van der Waals surface area contributed by atoms with Gasteiger partial charge in [-0.1, -0.05) is 39.8 Å². The van der Waals surface area contributed by atoms with E-state index < -0.39 is 0 Å². The monoisotopic (exact) mass is 341 g/mol. The van der Waals surface area contributed by atoms with E-state index in [1.165, 1.54) is 25.3 Å². The van der Waals surface area contributed by atoms with Gasteiger partial charge in [0.25, 0.3) is 0 Å². The maximum atomic E-state index is 13.5. The summed E-state index contributed by atoms with van der Waals surface area (Å²) in [4.78, 5) is 0. The van der Waals surface area contributed by atoms with Gasteiger partial charge in [-0.25, -0.2) is 4.39 Å². The Bertz CT molecular complexity index is 466. The summed E-state index contributed by atoms with van der Waals surface area (Å²) >= 11 is 3.34. The zero-order chi connectivity index (χ0) is 15.0. The van der Waals surface area contributed by atoms with E-state index in [9.17, 15) is 4.39 Å². The summed E-state index contributed by atoms with van der Waals surface area (Å²) in [6.07, 6.45) is 3.63. The summed E-state index contributed by atoms with van der Waals surface area (Å²) < 4.78 is 14.1. The average Bonchev–Trinajstić information content (AvgIpc) is 2.27. The second-order valence-corrected chi connectivity index (χ2v) is 8.50. The quantitative estimate of drug-likeness (QED) is 0.788. The third kappa shape index (κ3) is 4.05. The third-order valence-corrected chi connectivity index (χ3v) is 5.06. The highest BCUT2D eigenvalue weighted by atomic mass is 79.9. The predicted octanol–water partition coefficient (Wildman–Crippen LogP) is 5.28. The molecule has 0 saturated heterocycles.